The number of rotatable bonds is 7. The molecule has 1 unspecified atom stereocenters. The maximum atomic E-state index is 11.0. The molecule has 0 aliphatic heterocycles. The summed E-state index contributed by atoms with van der Waals surface area (Å²) in [6.07, 6.45) is 1.55. The molecule has 0 aliphatic rings. The van der Waals surface area contributed by atoms with Crippen molar-refractivity contribution in [1.29, 1.82) is 0 Å². The van der Waals surface area contributed by atoms with E-state index in [2.05, 4.69) is 13.8 Å². The summed E-state index contributed by atoms with van der Waals surface area (Å²) in [5.74, 6) is 0.835. The summed E-state index contributed by atoms with van der Waals surface area (Å²) in [7, 11) is 0. The van der Waals surface area contributed by atoms with Gasteiger partial charge in [-0.25, -0.2) is 0 Å². The van der Waals surface area contributed by atoms with Crippen LogP contribution in [-0.4, -0.2) is 17.6 Å². The predicted molar refractivity (Wildman–Crippen MR) is 75.4 cm³/mol. The lowest BCUT2D eigenvalue weighted by Crippen LogP contribution is -2.24. The van der Waals surface area contributed by atoms with Crippen LogP contribution >= 0.6 is 0 Å². The zero-order valence-electron chi connectivity index (χ0n) is 11.8. The van der Waals surface area contributed by atoms with Crippen LogP contribution in [0.5, 0.6) is 5.75 Å². The first-order valence-electron chi connectivity index (χ1n) is 6.59. The smallest absolute Gasteiger partial charge is 0.311 e. The molecule has 19 heavy (non-hydrogen) atoms. The molecule has 0 spiro atoms. The van der Waals surface area contributed by atoms with Crippen LogP contribution in [0.2, 0.25) is 0 Å². The van der Waals surface area contributed by atoms with Crippen molar-refractivity contribution in [2.24, 2.45) is 11.7 Å². The number of nitrogens with two attached hydrogens (primary N) is 1. The number of hydrogen-bond donors (Lipinski definition) is 1. The van der Waals surface area contributed by atoms with Gasteiger partial charge in [0.2, 0.25) is 0 Å². The molecule has 1 aromatic rings. The molecule has 0 aliphatic carbocycles. The molecule has 1 aromatic carbocycles. The second-order valence-corrected chi connectivity index (χ2v) is 5.09. The van der Waals surface area contributed by atoms with Gasteiger partial charge < -0.3 is 10.5 Å². The van der Waals surface area contributed by atoms with Crippen LogP contribution < -0.4 is 10.5 Å². The molecular formula is C14H22N2O3. The third kappa shape index (κ3) is 4.87. The first-order chi connectivity index (χ1) is 8.93. The number of nitro benzene ring substituents is 1. The van der Waals surface area contributed by atoms with Crippen molar-refractivity contribution in [1.82, 2.24) is 0 Å². The molecule has 0 saturated carbocycles. The minimum atomic E-state index is -0.414. The van der Waals surface area contributed by atoms with Gasteiger partial charge in [0, 0.05) is 12.1 Å². The summed E-state index contributed by atoms with van der Waals surface area (Å²) in [5.41, 5.74) is 6.92. The van der Waals surface area contributed by atoms with E-state index >= 15 is 0 Å². The van der Waals surface area contributed by atoms with Crippen LogP contribution in [0.4, 0.5) is 5.69 Å². The van der Waals surface area contributed by atoms with Gasteiger partial charge in [-0.2, -0.15) is 0 Å². The van der Waals surface area contributed by atoms with Gasteiger partial charge in [0.1, 0.15) is 0 Å². The summed E-state index contributed by atoms with van der Waals surface area (Å²) in [5, 5.41) is 11.0. The Morgan fingerprint density at radius 3 is 2.63 bits per heavy atom. The molecule has 0 amide bonds. The zero-order chi connectivity index (χ0) is 14.4. The van der Waals surface area contributed by atoms with Gasteiger partial charge >= 0.3 is 5.69 Å². The number of hydrogen-bond acceptors (Lipinski definition) is 4. The van der Waals surface area contributed by atoms with E-state index in [9.17, 15) is 10.1 Å². The Morgan fingerprint density at radius 1 is 1.42 bits per heavy atom. The van der Waals surface area contributed by atoms with E-state index in [1.807, 2.05) is 6.07 Å². The van der Waals surface area contributed by atoms with Crippen LogP contribution in [0.1, 0.15) is 32.8 Å². The zero-order valence-corrected chi connectivity index (χ0v) is 11.8. The molecular weight excluding hydrogens is 244 g/mol. The van der Waals surface area contributed by atoms with E-state index in [0.717, 1.165) is 12.0 Å². The molecule has 0 fully saturated rings. The van der Waals surface area contributed by atoms with Crippen molar-refractivity contribution >= 4 is 5.69 Å². The van der Waals surface area contributed by atoms with E-state index in [1.54, 1.807) is 19.1 Å². The molecule has 1 rings (SSSR count). The minimum absolute atomic E-state index is 0.0103. The van der Waals surface area contributed by atoms with Crippen LogP contribution in [0.15, 0.2) is 18.2 Å². The largest absolute Gasteiger partial charge is 0.487 e. The highest BCUT2D eigenvalue weighted by atomic mass is 16.6. The summed E-state index contributed by atoms with van der Waals surface area (Å²) in [6, 6.07) is 5.08. The van der Waals surface area contributed by atoms with Crippen LogP contribution in [0.25, 0.3) is 0 Å². The monoisotopic (exact) mass is 266 g/mol. The van der Waals surface area contributed by atoms with Gasteiger partial charge in [0.25, 0.3) is 0 Å². The van der Waals surface area contributed by atoms with Gasteiger partial charge in [-0.1, -0.05) is 19.9 Å². The van der Waals surface area contributed by atoms with Gasteiger partial charge in [0.05, 0.1) is 11.5 Å². The fourth-order valence-corrected chi connectivity index (χ4v) is 2.10. The van der Waals surface area contributed by atoms with Crippen LogP contribution in [0.3, 0.4) is 0 Å². The van der Waals surface area contributed by atoms with Gasteiger partial charge in [0.15, 0.2) is 5.75 Å². The topological polar surface area (TPSA) is 78.4 Å². The van der Waals surface area contributed by atoms with Crippen molar-refractivity contribution in [3.63, 3.8) is 0 Å². The number of nitro groups is 1. The fraction of sp³-hybridized carbons (Fsp3) is 0.571. The summed E-state index contributed by atoms with van der Waals surface area (Å²) >= 11 is 0. The van der Waals surface area contributed by atoms with Gasteiger partial charge in [-0.05, 0) is 37.3 Å². The first-order valence-corrected chi connectivity index (χ1v) is 6.59. The average molecular weight is 266 g/mol. The molecule has 0 bridgehead atoms. The van der Waals surface area contributed by atoms with E-state index in [-0.39, 0.29) is 11.7 Å². The maximum Gasteiger partial charge on any atom is 0.311 e. The summed E-state index contributed by atoms with van der Waals surface area (Å²) in [6.45, 7) is 6.43. The van der Waals surface area contributed by atoms with Gasteiger partial charge in [-0.3, -0.25) is 10.1 Å². The molecule has 0 radical (unpaired) electrons. The van der Waals surface area contributed by atoms with Crippen molar-refractivity contribution < 1.29 is 9.66 Å². The quantitative estimate of drug-likeness (QED) is 0.608. The van der Waals surface area contributed by atoms with Crippen molar-refractivity contribution in [2.45, 2.75) is 39.7 Å². The normalized spacial score (nSPS) is 12.5. The lowest BCUT2D eigenvalue weighted by molar-refractivity contribution is -0.385. The molecule has 0 aromatic heterocycles. The molecule has 1 atom stereocenters. The van der Waals surface area contributed by atoms with E-state index in [0.29, 0.717) is 24.7 Å². The van der Waals surface area contributed by atoms with Gasteiger partial charge in [-0.15, -0.1) is 0 Å². The average Bonchev–Trinajstić information content (AvgIpc) is 2.30. The highest BCUT2D eigenvalue weighted by Gasteiger charge is 2.17. The first kappa shape index (κ1) is 15.4. The van der Waals surface area contributed by atoms with Crippen molar-refractivity contribution in [2.75, 3.05) is 6.61 Å². The second-order valence-electron chi connectivity index (χ2n) is 5.09. The lowest BCUT2D eigenvalue weighted by atomic mass is 9.98. The third-order valence-electron chi connectivity index (χ3n) is 2.79. The minimum Gasteiger partial charge on any atom is -0.487 e. The Balaban J connectivity index is 2.86. The predicted octanol–water partition coefficient (Wildman–Crippen LogP) is 2.91. The number of nitrogens with zero attached hydrogens (tertiary/aromatic N) is 1. The second kappa shape index (κ2) is 7.09. The highest BCUT2D eigenvalue weighted by molar-refractivity contribution is 5.48. The Labute approximate surface area is 113 Å². The maximum absolute atomic E-state index is 11.0. The standard InChI is InChI=1S/C14H22N2O3/c1-4-19-14-6-5-11(9-13(14)16(17)18)8-12(15)7-10(2)3/h5-6,9-10,12H,4,7-8,15H2,1-3H3. The Kier molecular flexibility index (Phi) is 5.76. The molecule has 106 valence electrons. The summed E-state index contributed by atoms with van der Waals surface area (Å²) < 4.78 is 5.25. The van der Waals surface area contributed by atoms with Crippen LogP contribution in [0, 0.1) is 16.0 Å². The van der Waals surface area contributed by atoms with E-state index in [4.69, 9.17) is 10.5 Å². The molecule has 5 heteroatoms. The Bertz CT molecular complexity index is 433. The summed E-state index contributed by atoms with van der Waals surface area (Å²) in [4.78, 5) is 10.6. The third-order valence-corrected chi connectivity index (χ3v) is 2.79. The molecule has 5 nitrogen and oxygen atoms in total. The SMILES string of the molecule is CCOc1ccc(CC(N)CC(C)C)cc1[N+](=O)[O-]. The van der Waals surface area contributed by atoms with Crippen molar-refractivity contribution in [3.05, 3.63) is 33.9 Å². The van der Waals surface area contributed by atoms with Crippen molar-refractivity contribution in [3.8, 4) is 5.75 Å². The molecule has 0 heterocycles. The molecule has 0 saturated heterocycles. The Hall–Kier alpha value is -1.62. The van der Waals surface area contributed by atoms with E-state index in [1.165, 1.54) is 0 Å². The number of benzene rings is 1. The fourth-order valence-electron chi connectivity index (χ4n) is 2.10. The van der Waals surface area contributed by atoms with E-state index < -0.39 is 4.92 Å². The number of ether oxygens (including phenoxy) is 1. The highest BCUT2D eigenvalue weighted by Crippen LogP contribution is 2.28. The molecule has 2 N–H and O–H groups in total. The van der Waals surface area contributed by atoms with Crippen LogP contribution in [-0.2, 0) is 6.42 Å². The Morgan fingerprint density at radius 2 is 2.11 bits per heavy atom. The lowest BCUT2D eigenvalue weighted by Gasteiger charge is -2.14.